The van der Waals surface area contributed by atoms with Crippen LogP contribution in [0.1, 0.15) is 25.5 Å². The first kappa shape index (κ1) is 11.3. The van der Waals surface area contributed by atoms with Gasteiger partial charge in [0.05, 0.1) is 0 Å². The molecular weight excluding hydrogens is 223 g/mol. The monoisotopic (exact) mass is 232 g/mol. The summed E-state index contributed by atoms with van der Waals surface area (Å²) in [6.07, 6.45) is -0.330. The van der Waals surface area contributed by atoms with E-state index < -0.39 is 0 Å². The SMILES string of the molecule is CC(=O)OC(C)c1cc(Cl)cc(Cl)c1. The van der Waals surface area contributed by atoms with Crippen molar-refractivity contribution >= 4 is 29.2 Å². The minimum absolute atomic E-state index is 0.325. The Labute approximate surface area is 92.8 Å². The van der Waals surface area contributed by atoms with Crippen LogP contribution in [0, 0.1) is 0 Å². The van der Waals surface area contributed by atoms with E-state index in [1.54, 1.807) is 25.1 Å². The van der Waals surface area contributed by atoms with E-state index in [2.05, 4.69) is 0 Å². The smallest absolute Gasteiger partial charge is 0.303 e. The Kier molecular flexibility index (Phi) is 3.78. The molecule has 0 N–H and O–H groups in total. The molecule has 1 rings (SSSR count). The minimum atomic E-state index is -0.330. The van der Waals surface area contributed by atoms with Crippen molar-refractivity contribution < 1.29 is 9.53 Å². The van der Waals surface area contributed by atoms with E-state index in [1.807, 2.05) is 0 Å². The van der Waals surface area contributed by atoms with Crippen LogP contribution in [0.2, 0.25) is 10.0 Å². The zero-order chi connectivity index (χ0) is 10.7. The summed E-state index contributed by atoms with van der Waals surface area (Å²) in [5.74, 6) is -0.325. The molecule has 0 amide bonds. The number of carbonyl (C=O) groups excluding carboxylic acids is 1. The number of hydrogen-bond donors (Lipinski definition) is 0. The summed E-state index contributed by atoms with van der Waals surface area (Å²) >= 11 is 11.6. The molecule has 14 heavy (non-hydrogen) atoms. The van der Waals surface area contributed by atoms with E-state index >= 15 is 0 Å². The molecule has 1 aromatic carbocycles. The topological polar surface area (TPSA) is 26.3 Å². The molecule has 0 heterocycles. The number of rotatable bonds is 2. The van der Waals surface area contributed by atoms with E-state index in [0.29, 0.717) is 10.0 Å². The number of benzene rings is 1. The molecule has 0 aliphatic heterocycles. The third-order valence-electron chi connectivity index (χ3n) is 1.70. The molecule has 1 unspecified atom stereocenters. The van der Waals surface area contributed by atoms with Crippen LogP contribution in [0.15, 0.2) is 18.2 Å². The van der Waals surface area contributed by atoms with Gasteiger partial charge in [0.2, 0.25) is 0 Å². The summed E-state index contributed by atoms with van der Waals surface area (Å²) < 4.78 is 4.99. The van der Waals surface area contributed by atoms with Crippen LogP contribution >= 0.6 is 23.2 Å². The third kappa shape index (κ3) is 3.20. The molecule has 0 saturated carbocycles. The molecule has 76 valence electrons. The molecule has 0 fully saturated rings. The van der Waals surface area contributed by atoms with Crippen molar-refractivity contribution in [2.75, 3.05) is 0 Å². The Morgan fingerprint density at radius 2 is 1.79 bits per heavy atom. The largest absolute Gasteiger partial charge is 0.458 e. The molecule has 1 aromatic rings. The first-order chi connectivity index (χ1) is 6.49. The van der Waals surface area contributed by atoms with Crippen LogP contribution in [-0.2, 0) is 9.53 Å². The Bertz CT molecular complexity index is 330. The molecule has 2 nitrogen and oxygen atoms in total. The fourth-order valence-corrected chi connectivity index (χ4v) is 1.67. The zero-order valence-electron chi connectivity index (χ0n) is 7.88. The van der Waals surface area contributed by atoms with Crippen LogP contribution in [-0.4, -0.2) is 5.97 Å². The predicted octanol–water partition coefficient (Wildman–Crippen LogP) is 3.62. The lowest BCUT2D eigenvalue weighted by Gasteiger charge is -2.12. The molecule has 0 bridgehead atoms. The van der Waals surface area contributed by atoms with E-state index in [1.165, 1.54) is 6.92 Å². The second kappa shape index (κ2) is 4.67. The van der Waals surface area contributed by atoms with Gasteiger partial charge in [0.25, 0.3) is 0 Å². The summed E-state index contributed by atoms with van der Waals surface area (Å²) in [5.41, 5.74) is 0.790. The summed E-state index contributed by atoms with van der Waals surface area (Å²) in [6.45, 7) is 3.13. The number of esters is 1. The highest BCUT2D eigenvalue weighted by Crippen LogP contribution is 2.25. The van der Waals surface area contributed by atoms with Gasteiger partial charge in [-0.2, -0.15) is 0 Å². The van der Waals surface area contributed by atoms with E-state index in [-0.39, 0.29) is 12.1 Å². The lowest BCUT2D eigenvalue weighted by Crippen LogP contribution is -2.04. The summed E-state index contributed by atoms with van der Waals surface area (Å²) in [4.78, 5) is 10.7. The third-order valence-corrected chi connectivity index (χ3v) is 2.13. The molecule has 0 saturated heterocycles. The normalized spacial score (nSPS) is 12.3. The highest BCUT2D eigenvalue weighted by molar-refractivity contribution is 6.34. The quantitative estimate of drug-likeness (QED) is 0.729. The van der Waals surface area contributed by atoms with Gasteiger partial charge in [-0.15, -0.1) is 0 Å². The average Bonchev–Trinajstić information content (AvgIpc) is 2.00. The maximum absolute atomic E-state index is 10.7. The van der Waals surface area contributed by atoms with Gasteiger partial charge >= 0.3 is 5.97 Å². The Morgan fingerprint density at radius 3 is 2.21 bits per heavy atom. The van der Waals surface area contributed by atoms with Crippen molar-refractivity contribution in [3.8, 4) is 0 Å². The van der Waals surface area contributed by atoms with Crippen LogP contribution in [0.25, 0.3) is 0 Å². The summed E-state index contributed by atoms with van der Waals surface area (Å²) in [6, 6.07) is 5.08. The van der Waals surface area contributed by atoms with Crippen molar-refractivity contribution in [1.29, 1.82) is 0 Å². The van der Waals surface area contributed by atoms with Crippen molar-refractivity contribution in [3.63, 3.8) is 0 Å². The molecule has 0 radical (unpaired) electrons. The zero-order valence-corrected chi connectivity index (χ0v) is 9.39. The van der Waals surface area contributed by atoms with E-state index in [9.17, 15) is 4.79 Å². The maximum atomic E-state index is 10.7. The number of ether oxygens (including phenoxy) is 1. The van der Waals surface area contributed by atoms with Gasteiger partial charge in [0.15, 0.2) is 0 Å². The molecule has 0 aromatic heterocycles. The molecular formula is C10H10Cl2O2. The van der Waals surface area contributed by atoms with Gasteiger partial charge in [0, 0.05) is 17.0 Å². The van der Waals surface area contributed by atoms with Gasteiger partial charge in [-0.25, -0.2) is 0 Å². The van der Waals surface area contributed by atoms with Crippen LogP contribution in [0.4, 0.5) is 0 Å². The maximum Gasteiger partial charge on any atom is 0.303 e. The first-order valence-electron chi connectivity index (χ1n) is 4.12. The molecule has 1 atom stereocenters. The fraction of sp³-hybridized carbons (Fsp3) is 0.300. The molecule has 4 heteroatoms. The molecule has 0 aliphatic rings. The van der Waals surface area contributed by atoms with E-state index in [4.69, 9.17) is 27.9 Å². The lowest BCUT2D eigenvalue weighted by molar-refractivity contribution is -0.145. The van der Waals surface area contributed by atoms with Crippen molar-refractivity contribution in [2.45, 2.75) is 20.0 Å². The van der Waals surface area contributed by atoms with Crippen LogP contribution in [0.5, 0.6) is 0 Å². The Balaban J connectivity index is 2.89. The van der Waals surface area contributed by atoms with Crippen molar-refractivity contribution in [2.24, 2.45) is 0 Å². The second-order valence-electron chi connectivity index (χ2n) is 2.95. The van der Waals surface area contributed by atoms with Gasteiger partial charge in [-0.1, -0.05) is 23.2 Å². The van der Waals surface area contributed by atoms with Gasteiger partial charge in [0.1, 0.15) is 6.10 Å². The molecule has 0 aliphatic carbocycles. The first-order valence-corrected chi connectivity index (χ1v) is 4.88. The van der Waals surface area contributed by atoms with Crippen molar-refractivity contribution in [3.05, 3.63) is 33.8 Å². The highest BCUT2D eigenvalue weighted by Gasteiger charge is 2.09. The number of halogens is 2. The second-order valence-corrected chi connectivity index (χ2v) is 3.83. The number of carbonyl (C=O) groups is 1. The standard InChI is InChI=1S/C10H10Cl2O2/c1-6(14-7(2)13)8-3-9(11)5-10(12)4-8/h3-6H,1-2H3. The van der Waals surface area contributed by atoms with Crippen LogP contribution < -0.4 is 0 Å². The Morgan fingerprint density at radius 1 is 1.29 bits per heavy atom. The fourth-order valence-electron chi connectivity index (χ4n) is 1.13. The summed E-state index contributed by atoms with van der Waals surface area (Å²) in [5, 5.41) is 1.07. The Hall–Kier alpha value is -0.730. The highest BCUT2D eigenvalue weighted by atomic mass is 35.5. The van der Waals surface area contributed by atoms with Gasteiger partial charge in [-0.3, -0.25) is 4.79 Å². The summed E-state index contributed by atoms with van der Waals surface area (Å²) in [7, 11) is 0. The minimum Gasteiger partial charge on any atom is -0.458 e. The molecule has 0 spiro atoms. The van der Waals surface area contributed by atoms with Gasteiger partial charge in [-0.05, 0) is 30.7 Å². The average molecular weight is 233 g/mol. The van der Waals surface area contributed by atoms with Gasteiger partial charge < -0.3 is 4.74 Å². The predicted molar refractivity (Wildman–Crippen MR) is 56.6 cm³/mol. The van der Waals surface area contributed by atoms with E-state index in [0.717, 1.165) is 5.56 Å². The number of hydrogen-bond acceptors (Lipinski definition) is 2. The van der Waals surface area contributed by atoms with Crippen molar-refractivity contribution in [1.82, 2.24) is 0 Å². The lowest BCUT2D eigenvalue weighted by atomic mass is 10.1. The van der Waals surface area contributed by atoms with Crippen LogP contribution in [0.3, 0.4) is 0 Å².